The molecule has 4 heteroatoms. The van der Waals surface area contributed by atoms with Gasteiger partial charge in [-0.2, -0.15) is 0 Å². The summed E-state index contributed by atoms with van der Waals surface area (Å²) in [5.74, 6) is 0. The minimum absolute atomic E-state index is 0.883. The first kappa shape index (κ1) is 9.93. The molecule has 78 valence electrons. The number of thiazole rings is 1. The Hall–Kier alpha value is -1.26. The minimum atomic E-state index is 0.883. The van der Waals surface area contributed by atoms with Gasteiger partial charge in [-0.15, -0.1) is 11.3 Å². The molecule has 2 aromatic heterocycles. The van der Waals surface area contributed by atoms with Crippen molar-refractivity contribution in [3.05, 3.63) is 46.5 Å². The summed E-state index contributed by atoms with van der Waals surface area (Å²) >= 11 is 4.99. The molecular formula is C12H7BrN2S. The monoisotopic (exact) mass is 290 g/mol. The highest BCUT2D eigenvalue weighted by molar-refractivity contribution is 9.10. The zero-order valence-electron chi connectivity index (χ0n) is 8.22. The van der Waals surface area contributed by atoms with Gasteiger partial charge in [0.1, 0.15) is 9.61 Å². The Bertz CT molecular complexity index is 648. The van der Waals surface area contributed by atoms with Crippen LogP contribution in [0.15, 0.2) is 46.5 Å². The van der Waals surface area contributed by atoms with Crippen LogP contribution in [0.1, 0.15) is 0 Å². The van der Waals surface area contributed by atoms with Crippen molar-refractivity contribution in [3.8, 4) is 10.6 Å². The van der Waals surface area contributed by atoms with E-state index in [2.05, 4.69) is 50.2 Å². The Morgan fingerprint density at radius 2 is 2.12 bits per heavy atom. The molecule has 1 aromatic carbocycles. The van der Waals surface area contributed by atoms with Crippen molar-refractivity contribution in [2.75, 3.05) is 0 Å². The SMILES string of the molecule is Brc1csc(-c2ccc3cccnc3c2)n1. The zero-order chi connectivity index (χ0) is 11.0. The van der Waals surface area contributed by atoms with Gasteiger partial charge in [0.2, 0.25) is 0 Å². The highest BCUT2D eigenvalue weighted by atomic mass is 79.9. The van der Waals surface area contributed by atoms with E-state index in [9.17, 15) is 0 Å². The van der Waals surface area contributed by atoms with Crippen LogP contribution in [-0.2, 0) is 0 Å². The molecule has 3 aromatic rings. The Balaban J connectivity index is 2.18. The third kappa shape index (κ3) is 1.74. The Morgan fingerprint density at radius 3 is 2.94 bits per heavy atom. The lowest BCUT2D eigenvalue weighted by molar-refractivity contribution is 1.36. The topological polar surface area (TPSA) is 25.8 Å². The van der Waals surface area contributed by atoms with Gasteiger partial charge in [-0.05, 0) is 28.1 Å². The van der Waals surface area contributed by atoms with E-state index in [1.54, 1.807) is 11.3 Å². The average molecular weight is 291 g/mol. The number of hydrogen-bond donors (Lipinski definition) is 0. The van der Waals surface area contributed by atoms with Crippen LogP contribution in [0, 0.1) is 0 Å². The van der Waals surface area contributed by atoms with Crippen molar-refractivity contribution in [2.45, 2.75) is 0 Å². The molecule has 0 N–H and O–H groups in total. The summed E-state index contributed by atoms with van der Waals surface area (Å²) in [5.41, 5.74) is 2.12. The van der Waals surface area contributed by atoms with Crippen molar-refractivity contribution in [2.24, 2.45) is 0 Å². The van der Waals surface area contributed by atoms with Gasteiger partial charge in [0.15, 0.2) is 0 Å². The van der Waals surface area contributed by atoms with E-state index in [4.69, 9.17) is 0 Å². The molecule has 0 unspecified atom stereocenters. The summed E-state index contributed by atoms with van der Waals surface area (Å²) in [5, 5.41) is 4.15. The van der Waals surface area contributed by atoms with Gasteiger partial charge in [-0.25, -0.2) is 4.98 Å². The second-order valence-corrected chi connectivity index (χ2v) is 5.06. The molecule has 2 nitrogen and oxygen atoms in total. The second-order valence-electron chi connectivity index (χ2n) is 3.39. The smallest absolute Gasteiger partial charge is 0.124 e. The quantitative estimate of drug-likeness (QED) is 0.674. The molecule has 0 fully saturated rings. The molecule has 0 aliphatic rings. The summed E-state index contributed by atoms with van der Waals surface area (Å²) in [7, 11) is 0. The number of nitrogens with zero attached hydrogens (tertiary/aromatic N) is 2. The summed E-state index contributed by atoms with van der Waals surface area (Å²) in [6, 6.07) is 10.2. The van der Waals surface area contributed by atoms with E-state index in [-0.39, 0.29) is 0 Å². The fourth-order valence-corrected chi connectivity index (χ4v) is 2.84. The first-order valence-electron chi connectivity index (χ1n) is 4.79. The molecule has 0 saturated carbocycles. The third-order valence-electron chi connectivity index (χ3n) is 2.33. The number of rotatable bonds is 1. The summed E-state index contributed by atoms with van der Waals surface area (Å²) in [6.45, 7) is 0. The highest BCUT2D eigenvalue weighted by Crippen LogP contribution is 2.27. The van der Waals surface area contributed by atoms with Crippen LogP contribution < -0.4 is 0 Å². The molecule has 0 spiro atoms. The molecule has 16 heavy (non-hydrogen) atoms. The van der Waals surface area contributed by atoms with Crippen molar-refractivity contribution in [3.63, 3.8) is 0 Å². The van der Waals surface area contributed by atoms with E-state index in [1.165, 1.54) is 0 Å². The lowest BCUT2D eigenvalue weighted by Crippen LogP contribution is -1.80. The van der Waals surface area contributed by atoms with Gasteiger partial charge in [0, 0.05) is 22.5 Å². The van der Waals surface area contributed by atoms with Crippen molar-refractivity contribution < 1.29 is 0 Å². The Morgan fingerprint density at radius 1 is 1.19 bits per heavy atom. The van der Waals surface area contributed by atoms with Crippen LogP contribution in [0.25, 0.3) is 21.5 Å². The van der Waals surface area contributed by atoms with Crippen LogP contribution in [0.2, 0.25) is 0 Å². The molecule has 0 atom stereocenters. The standard InChI is InChI=1S/C12H7BrN2S/c13-11-7-16-12(15-11)9-4-3-8-2-1-5-14-10(8)6-9/h1-7H. The van der Waals surface area contributed by atoms with Gasteiger partial charge in [-0.1, -0.05) is 18.2 Å². The molecule has 0 amide bonds. The van der Waals surface area contributed by atoms with Crippen LogP contribution in [0.5, 0.6) is 0 Å². The first-order chi connectivity index (χ1) is 7.83. The van der Waals surface area contributed by atoms with Crippen LogP contribution in [0.3, 0.4) is 0 Å². The molecule has 0 bridgehead atoms. The Kier molecular flexibility index (Phi) is 2.46. The van der Waals surface area contributed by atoms with E-state index in [1.807, 2.05) is 17.6 Å². The van der Waals surface area contributed by atoms with Gasteiger partial charge in [-0.3, -0.25) is 4.98 Å². The van der Waals surface area contributed by atoms with Gasteiger partial charge >= 0.3 is 0 Å². The van der Waals surface area contributed by atoms with Crippen LogP contribution >= 0.6 is 27.3 Å². The van der Waals surface area contributed by atoms with E-state index >= 15 is 0 Å². The number of fused-ring (bicyclic) bond motifs is 1. The lowest BCUT2D eigenvalue weighted by atomic mass is 10.1. The van der Waals surface area contributed by atoms with E-state index in [0.29, 0.717) is 0 Å². The molecule has 2 heterocycles. The molecule has 0 aliphatic carbocycles. The van der Waals surface area contributed by atoms with E-state index < -0.39 is 0 Å². The lowest BCUT2D eigenvalue weighted by Gasteiger charge is -1.99. The third-order valence-corrected chi connectivity index (χ3v) is 3.93. The molecule has 0 aliphatic heterocycles. The summed E-state index contributed by atoms with van der Waals surface area (Å²) < 4.78 is 0.883. The van der Waals surface area contributed by atoms with Gasteiger partial charge in [0.05, 0.1) is 5.52 Å². The number of aromatic nitrogens is 2. The minimum Gasteiger partial charge on any atom is -0.256 e. The van der Waals surface area contributed by atoms with Crippen molar-refractivity contribution in [1.29, 1.82) is 0 Å². The van der Waals surface area contributed by atoms with Crippen LogP contribution in [0.4, 0.5) is 0 Å². The number of hydrogen-bond acceptors (Lipinski definition) is 3. The number of benzene rings is 1. The summed E-state index contributed by atoms with van der Waals surface area (Å²) in [6.07, 6.45) is 1.81. The second kappa shape index (κ2) is 3.96. The average Bonchev–Trinajstić information content (AvgIpc) is 2.75. The largest absolute Gasteiger partial charge is 0.256 e. The maximum Gasteiger partial charge on any atom is 0.124 e. The maximum absolute atomic E-state index is 4.40. The summed E-state index contributed by atoms with van der Waals surface area (Å²) in [4.78, 5) is 8.73. The molecule has 0 saturated heterocycles. The molecule has 3 rings (SSSR count). The van der Waals surface area contributed by atoms with E-state index in [0.717, 1.165) is 26.1 Å². The molecule has 0 radical (unpaired) electrons. The fourth-order valence-electron chi connectivity index (χ4n) is 1.59. The van der Waals surface area contributed by atoms with Crippen molar-refractivity contribution in [1.82, 2.24) is 9.97 Å². The fraction of sp³-hybridized carbons (Fsp3) is 0. The van der Waals surface area contributed by atoms with Gasteiger partial charge in [0.25, 0.3) is 0 Å². The maximum atomic E-state index is 4.40. The first-order valence-corrected chi connectivity index (χ1v) is 6.46. The predicted molar refractivity (Wildman–Crippen MR) is 70.6 cm³/mol. The predicted octanol–water partition coefficient (Wildman–Crippen LogP) is 4.12. The zero-order valence-corrected chi connectivity index (χ0v) is 10.6. The number of halogens is 1. The molecular weight excluding hydrogens is 284 g/mol. The van der Waals surface area contributed by atoms with Crippen molar-refractivity contribution >= 4 is 38.2 Å². The van der Waals surface area contributed by atoms with Crippen LogP contribution in [-0.4, -0.2) is 9.97 Å². The normalized spacial score (nSPS) is 10.8. The Labute approximate surface area is 105 Å². The highest BCUT2D eigenvalue weighted by Gasteiger charge is 2.04. The van der Waals surface area contributed by atoms with Gasteiger partial charge < -0.3 is 0 Å². The number of pyridine rings is 1.